The second-order valence-electron chi connectivity index (χ2n) is 8.38. The molecule has 0 spiro atoms. The molecule has 0 unspecified atom stereocenters. The number of piperidine rings is 1. The Balaban J connectivity index is 1.26. The predicted molar refractivity (Wildman–Crippen MR) is 118 cm³/mol. The van der Waals surface area contributed by atoms with Crippen LogP contribution in [-0.2, 0) is 23.7 Å². The predicted octanol–water partition coefficient (Wildman–Crippen LogP) is 0.397. The molecule has 2 aliphatic rings. The van der Waals surface area contributed by atoms with E-state index in [0.717, 1.165) is 32.4 Å². The van der Waals surface area contributed by atoms with Crippen molar-refractivity contribution in [2.24, 2.45) is 14.1 Å². The molecule has 2 aromatic rings. The lowest BCUT2D eigenvalue weighted by Gasteiger charge is -2.40. The number of carbonyl (C=O) groups is 3. The van der Waals surface area contributed by atoms with Gasteiger partial charge in [-0.05, 0) is 31.4 Å². The van der Waals surface area contributed by atoms with E-state index < -0.39 is 0 Å². The third kappa shape index (κ3) is 4.32. The zero-order valence-electron chi connectivity index (χ0n) is 18.5. The van der Waals surface area contributed by atoms with Gasteiger partial charge in [-0.2, -0.15) is 0 Å². The number of nitrogens with one attached hydrogen (secondary N) is 2. The molecule has 0 radical (unpaired) electrons. The summed E-state index contributed by atoms with van der Waals surface area (Å²) >= 11 is 0. The van der Waals surface area contributed by atoms with E-state index in [4.69, 9.17) is 0 Å². The first kappa shape index (κ1) is 21.8. The number of aromatic nitrogens is 3. The van der Waals surface area contributed by atoms with Gasteiger partial charge in [0, 0.05) is 59.2 Å². The second-order valence-corrected chi connectivity index (χ2v) is 8.38. The molecule has 4 heterocycles. The van der Waals surface area contributed by atoms with Crippen LogP contribution in [0.15, 0.2) is 16.9 Å². The van der Waals surface area contributed by atoms with Crippen LogP contribution >= 0.6 is 0 Å². The number of nitrogens with zero attached hydrogens (tertiary/aromatic N) is 5. The fourth-order valence-electron chi connectivity index (χ4n) is 4.44. The summed E-state index contributed by atoms with van der Waals surface area (Å²) in [6.07, 6.45) is 2.63. The first-order chi connectivity index (χ1) is 15.3. The molecule has 32 heavy (non-hydrogen) atoms. The maximum atomic E-state index is 12.6. The van der Waals surface area contributed by atoms with Crippen molar-refractivity contribution in [2.45, 2.75) is 38.1 Å². The van der Waals surface area contributed by atoms with Crippen LogP contribution in [0.5, 0.6) is 0 Å². The van der Waals surface area contributed by atoms with Crippen molar-refractivity contribution in [3.05, 3.63) is 22.6 Å². The summed E-state index contributed by atoms with van der Waals surface area (Å²) in [7, 11) is 3.29. The fourth-order valence-corrected chi connectivity index (χ4v) is 4.44. The summed E-state index contributed by atoms with van der Waals surface area (Å²) in [6.45, 7) is 2.67. The Morgan fingerprint density at radius 3 is 2.56 bits per heavy atom. The lowest BCUT2D eigenvalue weighted by molar-refractivity contribution is -0.134. The number of carbonyl (C=O) groups excluding carboxylic acids is 3. The van der Waals surface area contributed by atoms with Crippen LogP contribution in [0.3, 0.4) is 0 Å². The second kappa shape index (κ2) is 9.01. The highest BCUT2D eigenvalue weighted by atomic mass is 16.2. The summed E-state index contributed by atoms with van der Waals surface area (Å²) in [5.74, 6) is -0.0154. The molecular weight excluding hydrogens is 414 g/mol. The standard InChI is InChI=1S/C21H29N7O4/c1-25-15-4-5-16(24-19(15)26(2)21(25)32)23-17(29)6-7-18(30)27-12-8-14(9-13-27)28-11-3-10-22-20(28)31/h4-5,14H,3,6-13H2,1-2H3,(H,22,31)(H,23,24,29). The van der Waals surface area contributed by atoms with Gasteiger partial charge in [0.15, 0.2) is 5.65 Å². The number of fused-ring (bicyclic) bond motifs is 1. The van der Waals surface area contributed by atoms with Crippen molar-refractivity contribution in [2.75, 3.05) is 31.5 Å². The molecule has 0 bridgehead atoms. The summed E-state index contributed by atoms with van der Waals surface area (Å²) in [5.41, 5.74) is 0.971. The molecule has 11 nitrogen and oxygen atoms in total. The van der Waals surface area contributed by atoms with Gasteiger partial charge in [-0.1, -0.05) is 0 Å². The Hall–Kier alpha value is -3.37. The number of pyridine rings is 1. The Labute approximate surface area is 185 Å². The third-order valence-electron chi connectivity index (χ3n) is 6.31. The van der Waals surface area contributed by atoms with Crippen molar-refractivity contribution in [1.82, 2.24) is 29.2 Å². The quantitative estimate of drug-likeness (QED) is 0.693. The summed E-state index contributed by atoms with van der Waals surface area (Å²) in [5, 5.41) is 5.58. The molecular formula is C21H29N7O4. The largest absolute Gasteiger partial charge is 0.343 e. The van der Waals surface area contributed by atoms with E-state index in [-0.39, 0.29) is 42.4 Å². The van der Waals surface area contributed by atoms with Gasteiger partial charge < -0.3 is 20.4 Å². The Morgan fingerprint density at radius 2 is 1.84 bits per heavy atom. The summed E-state index contributed by atoms with van der Waals surface area (Å²) in [4.78, 5) is 56.9. The molecule has 0 saturated carbocycles. The van der Waals surface area contributed by atoms with Crippen molar-refractivity contribution in [3.8, 4) is 0 Å². The number of urea groups is 1. The van der Waals surface area contributed by atoms with E-state index >= 15 is 0 Å². The van der Waals surface area contributed by atoms with Gasteiger partial charge in [0.25, 0.3) is 0 Å². The number of anilines is 1. The van der Waals surface area contributed by atoms with Gasteiger partial charge in [-0.3, -0.25) is 18.7 Å². The lowest BCUT2D eigenvalue weighted by Crippen LogP contribution is -2.54. The van der Waals surface area contributed by atoms with E-state index in [1.54, 1.807) is 31.1 Å². The normalized spacial score (nSPS) is 17.5. The average molecular weight is 444 g/mol. The van der Waals surface area contributed by atoms with Gasteiger partial charge in [-0.25, -0.2) is 14.6 Å². The summed E-state index contributed by atoms with van der Waals surface area (Å²) in [6, 6.07) is 3.53. The lowest BCUT2D eigenvalue weighted by atomic mass is 10.0. The zero-order valence-corrected chi connectivity index (χ0v) is 18.5. The van der Waals surface area contributed by atoms with Crippen LogP contribution in [0, 0.1) is 0 Å². The van der Waals surface area contributed by atoms with Crippen molar-refractivity contribution < 1.29 is 14.4 Å². The Morgan fingerprint density at radius 1 is 1.09 bits per heavy atom. The topological polar surface area (TPSA) is 122 Å². The molecule has 172 valence electrons. The average Bonchev–Trinajstić information content (AvgIpc) is 3.01. The maximum absolute atomic E-state index is 12.6. The van der Waals surface area contributed by atoms with Gasteiger partial charge in [0.05, 0.1) is 5.52 Å². The van der Waals surface area contributed by atoms with Crippen molar-refractivity contribution in [3.63, 3.8) is 0 Å². The molecule has 4 amide bonds. The first-order valence-corrected chi connectivity index (χ1v) is 11.0. The van der Waals surface area contributed by atoms with Gasteiger partial charge in [-0.15, -0.1) is 0 Å². The van der Waals surface area contributed by atoms with Gasteiger partial charge >= 0.3 is 11.7 Å². The minimum atomic E-state index is -0.300. The highest BCUT2D eigenvalue weighted by Gasteiger charge is 2.30. The highest BCUT2D eigenvalue weighted by Crippen LogP contribution is 2.19. The van der Waals surface area contributed by atoms with Gasteiger partial charge in [0.1, 0.15) is 5.82 Å². The number of aryl methyl sites for hydroxylation is 2. The number of hydrogen-bond acceptors (Lipinski definition) is 5. The first-order valence-electron chi connectivity index (χ1n) is 11.0. The smallest absolute Gasteiger partial charge is 0.329 e. The van der Waals surface area contributed by atoms with Crippen LogP contribution in [0.2, 0.25) is 0 Å². The molecule has 2 N–H and O–H groups in total. The summed E-state index contributed by atoms with van der Waals surface area (Å²) < 4.78 is 2.92. The van der Waals surface area contributed by atoms with Crippen LogP contribution in [0.25, 0.3) is 11.2 Å². The van der Waals surface area contributed by atoms with Crippen LogP contribution in [-0.4, -0.2) is 74.0 Å². The minimum absolute atomic E-state index is 0.0138. The third-order valence-corrected chi connectivity index (χ3v) is 6.31. The SMILES string of the molecule is Cn1c(=O)n(C)c2nc(NC(=O)CCC(=O)N3CCC(N4CCCNC4=O)CC3)ccc21. The molecule has 2 saturated heterocycles. The molecule has 0 aromatic carbocycles. The van der Waals surface area contributed by atoms with Crippen LogP contribution in [0.1, 0.15) is 32.1 Å². The van der Waals surface area contributed by atoms with E-state index in [2.05, 4.69) is 15.6 Å². The molecule has 0 atom stereocenters. The van der Waals surface area contributed by atoms with E-state index in [9.17, 15) is 19.2 Å². The molecule has 2 fully saturated rings. The van der Waals surface area contributed by atoms with E-state index in [1.807, 2.05) is 4.90 Å². The molecule has 2 aromatic heterocycles. The number of rotatable bonds is 5. The van der Waals surface area contributed by atoms with E-state index in [0.29, 0.717) is 30.1 Å². The van der Waals surface area contributed by atoms with Crippen LogP contribution in [0.4, 0.5) is 10.6 Å². The van der Waals surface area contributed by atoms with Gasteiger partial charge in [0.2, 0.25) is 11.8 Å². The number of amides is 4. The number of imidazole rings is 1. The zero-order chi connectivity index (χ0) is 22.8. The monoisotopic (exact) mass is 443 g/mol. The van der Waals surface area contributed by atoms with E-state index in [1.165, 1.54) is 9.13 Å². The number of hydrogen-bond donors (Lipinski definition) is 2. The minimum Gasteiger partial charge on any atom is -0.343 e. The van der Waals surface area contributed by atoms with Crippen molar-refractivity contribution in [1.29, 1.82) is 0 Å². The fraction of sp³-hybridized carbons (Fsp3) is 0.571. The molecule has 11 heteroatoms. The highest BCUT2D eigenvalue weighted by molar-refractivity contribution is 5.93. The van der Waals surface area contributed by atoms with Crippen LogP contribution < -0.4 is 16.3 Å². The molecule has 0 aliphatic carbocycles. The number of likely N-dealkylation sites (tertiary alicyclic amines) is 1. The molecule has 4 rings (SSSR count). The Bertz CT molecular complexity index is 1100. The van der Waals surface area contributed by atoms with Crippen molar-refractivity contribution >= 4 is 34.8 Å². The molecule has 2 aliphatic heterocycles. The Kier molecular flexibility index (Phi) is 6.15. The maximum Gasteiger partial charge on any atom is 0.329 e.